The largest absolute Gasteiger partial charge is 0.480 e. The highest BCUT2D eigenvalue weighted by molar-refractivity contribution is 8.00. The smallest absolute Gasteiger partial charge is 0.326 e. The van der Waals surface area contributed by atoms with E-state index in [2.05, 4.69) is 15.3 Å². The van der Waals surface area contributed by atoms with Crippen LogP contribution in [0.3, 0.4) is 0 Å². The summed E-state index contributed by atoms with van der Waals surface area (Å²) < 4.78 is -0.802. The number of nitrogens with one attached hydrogen (secondary N) is 2. The topological polar surface area (TPSA) is 95.1 Å². The number of para-hydroxylation sites is 2. The number of thioether (sulfide) groups is 1. The number of nitrogens with zero attached hydrogens (tertiary/aromatic N) is 1. The Morgan fingerprint density at radius 3 is 2.50 bits per heavy atom. The Hall–Kier alpha value is -2.80. The number of amides is 1. The number of rotatable bonds is 8. The van der Waals surface area contributed by atoms with Crippen LogP contribution in [-0.2, 0) is 21.8 Å². The summed E-state index contributed by atoms with van der Waals surface area (Å²) in [6.07, 6.45) is 0.242. The van der Waals surface area contributed by atoms with Gasteiger partial charge in [0.1, 0.15) is 11.9 Å². The molecular formula is C21H23N3O3S. The molecule has 2 aromatic carbocycles. The molecular weight excluding hydrogens is 374 g/mol. The summed E-state index contributed by atoms with van der Waals surface area (Å²) in [5.74, 6) is -0.0516. The molecule has 146 valence electrons. The maximum absolute atomic E-state index is 12.7. The first-order valence-corrected chi connectivity index (χ1v) is 9.99. The molecule has 0 fully saturated rings. The van der Waals surface area contributed by atoms with Crippen LogP contribution in [0.15, 0.2) is 54.6 Å². The SMILES string of the molecule is CC(C)(SCc1nc2ccccc2[nH]1)C(=O)N[C@@H](Cc1ccccc1)C(=O)O. The summed E-state index contributed by atoms with van der Waals surface area (Å²) >= 11 is 1.42. The minimum absolute atomic E-state index is 0.242. The fourth-order valence-corrected chi connectivity index (χ4v) is 3.59. The number of carbonyl (C=O) groups excluding carboxylic acids is 1. The van der Waals surface area contributed by atoms with Crippen molar-refractivity contribution in [2.24, 2.45) is 0 Å². The lowest BCUT2D eigenvalue weighted by molar-refractivity contribution is -0.142. The van der Waals surface area contributed by atoms with Crippen LogP contribution >= 0.6 is 11.8 Å². The Bertz CT molecular complexity index is 936. The van der Waals surface area contributed by atoms with Crippen molar-refractivity contribution >= 4 is 34.7 Å². The fourth-order valence-electron chi connectivity index (χ4n) is 2.77. The lowest BCUT2D eigenvalue weighted by Crippen LogP contribution is -2.49. The maximum atomic E-state index is 12.7. The molecule has 1 atom stereocenters. The molecule has 0 aliphatic heterocycles. The molecule has 0 radical (unpaired) electrons. The third-order valence-electron chi connectivity index (χ3n) is 4.44. The van der Waals surface area contributed by atoms with Gasteiger partial charge in [0.25, 0.3) is 0 Å². The zero-order valence-corrected chi connectivity index (χ0v) is 16.6. The zero-order valence-electron chi connectivity index (χ0n) is 15.8. The van der Waals surface area contributed by atoms with Gasteiger partial charge in [-0.2, -0.15) is 0 Å². The third kappa shape index (κ3) is 4.92. The highest BCUT2D eigenvalue weighted by atomic mass is 32.2. The molecule has 1 heterocycles. The quantitative estimate of drug-likeness (QED) is 0.542. The first-order valence-electron chi connectivity index (χ1n) is 9.00. The number of H-pyrrole nitrogens is 1. The molecule has 0 aliphatic carbocycles. The molecule has 6 nitrogen and oxygen atoms in total. The van der Waals surface area contributed by atoms with Gasteiger partial charge in [-0.15, -0.1) is 11.8 Å². The van der Waals surface area contributed by atoms with Crippen LogP contribution in [0.1, 0.15) is 25.2 Å². The highest BCUT2D eigenvalue weighted by Crippen LogP contribution is 2.28. The van der Waals surface area contributed by atoms with Gasteiger partial charge in [0.2, 0.25) is 5.91 Å². The highest BCUT2D eigenvalue weighted by Gasteiger charge is 2.32. The summed E-state index contributed by atoms with van der Waals surface area (Å²) in [5, 5.41) is 12.2. The second kappa shape index (κ2) is 8.48. The summed E-state index contributed by atoms with van der Waals surface area (Å²) in [4.78, 5) is 32.1. The van der Waals surface area contributed by atoms with E-state index in [0.717, 1.165) is 22.4 Å². The van der Waals surface area contributed by atoms with Gasteiger partial charge in [0, 0.05) is 6.42 Å². The summed E-state index contributed by atoms with van der Waals surface area (Å²) in [6.45, 7) is 3.58. The van der Waals surface area contributed by atoms with E-state index in [1.807, 2.05) is 54.6 Å². The van der Waals surface area contributed by atoms with Gasteiger partial charge in [0.05, 0.1) is 21.5 Å². The summed E-state index contributed by atoms with van der Waals surface area (Å²) in [5.41, 5.74) is 2.70. The van der Waals surface area contributed by atoms with Gasteiger partial charge in [-0.1, -0.05) is 42.5 Å². The van der Waals surface area contributed by atoms with E-state index in [1.54, 1.807) is 13.8 Å². The Morgan fingerprint density at radius 1 is 1.14 bits per heavy atom. The van der Waals surface area contributed by atoms with Crippen molar-refractivity contribution in [1.29, 1.82) is 0 Å². The van der Waals surface area contributed by atoms with Crippen molar-refractivity contribution in [3.8, 4) is 0 Å². The predicted octanol–water partition coefficient (Wildman–Crippen LogP) is 3.39. The normalized spacial score (nSPS) is 12.6. The van der Waals surface area contributed by atoms with Gasteiger partial charge in [0.15, 0.2) is 0 Å². The Kier molecular flexibility index (Phi) is 6.04. The van der Waals surface area contributed by atoms with Gasteiger partial charge in [-0.3, -0.25) is 4.79 Å². The first kappa shape index (κ1) is 19.9. The van der Waals surface area contributed by atoms with Crippen molar-refractivity contribution in [3.63, 3.8) is 0 Å². The lowest BCUT2D eigenvalue weighted by atomic mass is 10.0. The van der Waals surface area contributed by atoms with E-state index in [-0.39, 0.29) is 12.3 Å². The number of carbonyl (C=O) groups is 2. The van der Waals surface area contributed by atoms with Crippen LogP contribution in [0.4, 0.5) is 0 Å². The number of benzene rings is 2. The van der Waals surface area contributed by atoms with Crippen LogP contribution < -0.4 is 5.32 Å². The monoisotopic (exact) mass is 397 g/mol. The molecule has 3 rings (SSSR count). The molecule has 1 aromatic heterocycles. The fraction of sp³-hybridized carbons (Fsp3) is 0.286. The van der Waals surface area contributed by atoms with Crippen LogP contribution in [0.5, 0.6) is 0 Å². The molecule has 3 aromatic rings. The van der Waals surface area contributed by atoms with Crippen LogP contribution in [0.25, 0.3) is 11.0 Å². The van der Waals surface area contributed by atoms with Gasteiger partial charge in [-0.25, -0.2) is 9.78 Å². The Labute approximate surface area is 167 Å². The number of fused-ring (bicyclic) bond motifs is 1. The molecule has 1 amide bonds. The van der Waals surface area contributed by atoms with E-state index < -0.39 is 16.8 Å². The molecule has 0 saturated carbocycles. The summed E-state index contributed by atoms with van der Waals surface area (Å²) in [6, 6.07) is 16.0. The number of hydrogen-bond donors (Lipinski definition) is 3. The van der Waals surface area contributed by atoms with E-state index in [4.69, 9.17) is 0 Å². The summed E-state index contributed by atoms with van der Waals surface area (Å²) in [7, 11) is 0. The molecule has 0 aliphatic rings. The first-order chi connectivity index (χ1) is 13.3. The van der Waals surface area contributed by atoms with Crippen LogP contribution in [0, 0.1) is 0 Å². The number of carboxylic acids is 1. The van der Waals surface area contributed by atoms with E-state index in [0.29, 0.717) is 5.75 Å². The number of hydrogen-bond acceptors (Lipinski definition) is 4. The second-order valence-corrected chi connectivity index (χ2v) is 8.65. The van der Waals surface area contributed by atoms with Crippen molar-refractivity contribution in [3.05, 3.63) is 66.0 Å². The lowest BCUT2D eigenvalue weighted by Gasteiger charge is -2.25. The average Bonchev–Trinajstić information content (AvgIpc) is 3.09. The Morgan fingerprint density at radius 2 is 1.82 bits per heavy atom. The van der Waals surface area contributed by atoms with Crippen LogP contribution in [0.2, 0.25) is 0 Å². The van der Waals surface area contributed by atoms with Gasteiger partial charge in [-0.05, 0) is 31.5 Å². The number of imidazole rings is 1. The van der Waals surface area contributed by atoms with E-state index in [1.165, 1.54) is 11.8 Å². The van der Waals surface area contributed by atoms with Crippen molar-refractivity contribution in [2.75, 3.05) is 0 Å². The second-order valence-electron chi connectivity index (χ2n) is 7.05. The number of carboxylic acid groups (broad SMARTS) is 1. The van der Waals surface area contributed by atoms with Crippen LogP contribution in [-0.4, -0.2) is 37.7 Å². The van der Waals surface area contributed by atoms with Gasteiger partial charge >= 0.3 is 5.97 Å². The molecule has 3 N–H and O–H groups in total. The number of aromatic nitrogens is 2. The van der Waals surface area contributed by atoms with E-state index in [9.17, 15) is 14.7 Å². The van der Waals surface area contributed by atoms with E-state index >= 15 is 0 Å². The molecule has 0 spiro atoms. The molecule has 28 heavy (non-hydrogen) atoms. The molecule has 0 saturated heterocycles. The predicted molar refractivity (Wildman–Crippen MR) is 111 cm³/mol. The minimum atomic E-state index is -1.05. The third-order valence-corrected chi connectivity index (χ3v) is 5.77. The molecule has 0 unspecified atom stereocenters. The van der Waals surface area contributed by atoms with Crippen molar-refractivity contribution < 1.29 is 14.7 Å². The van der Waals surface area contributed by atoms with Crippen molar-refractivity contribution in [1.82, 2.24) is 15.3 Å². The molecule has 7 heteroatoms. The number of aromatic amines is 1. The number of aliphatic carboxylic acids is 1. The average molecular weight is 398 g/mol. The molecule has 0 bridgehead atoms. The standard InChI is InChI=1S/C21H23N3O3S/c1-21(2,28-13-18-22-15-10-6-7-11-16(15)23-18)20(27)24-17(19(25)26)12-14-8-4-3-5-9-14/h3-11,17H,12-13H2,1-2H3,(H,22,23)(H,24,27)(H,25,26)/t17-/m0/s1. The minimum Gasteiger partial charge on any atom is -0.480 e. The van der Waals surface area contributed by atoms with Gasteiger partial charge < -0.3 is 15.4 Å². The Balaban J connectivity index is 1.62. The zero-order chi connectivity index (χ0) is 20.1. The van der Waals surface area contributed by atoms with Crippen molar-refractivity contribution in [2.45, 2.75) is 36.8 Å². The maximum Gasteiger partial charge on any atom is 0.326 e.